The Bertz CT molecular complexity index is 856. The first kappa shape index (κ1) is 22.7. The highest BCUT2D eigenvalue weighted by Crippen LogP contribution is 2.34. The number of allylic oxidation sites excluding steroid dienone is 1. The minimum atomic E-state index is -1.04. The monoisotopic (exact) mass is 511 g/mol. The predicted octanol–water partition coefficient (Wildman–Crippen LogP) is 4.72. The van der Waals surface area contributed by atoms with Crippen LogP contribution in [0, 0.1) is 3.57 Å². The van der Waals surface area contributed by atoms with E-state index in [-0.39, 0.29) is 5.75 Å². The lowest BCUT2D eigenvalue weighted by Gasteiger charge is -2.27. The van der Waals surface area contributed by atoms with Crippen LogP contribution in [0.4, 0.5) is 10.5 Å². The van der Waals surface area contributed by atoms with Crippen molar-refractivity contribution in [3.05, 3.63) is 69.8 Å². The molecule has 0 saturated heterocycles. The lowest BCUT2D eigenvalue weighted by molar-refractivity contribution is -0.131. The summed E-state index contributed by atoms with van der Waals surface area (Å²) in [5, 5.41) is 21.7. The summed E-state index contributed by atoms with van der Waals surface area (Å²) in [6, 6.07) is 13.8. The normalized spacial score (nSPS) is 13.0. The zero-order valence-electron chi connectivity index (χ0n) is 15.7. The maximum Gasteiger partial charge on any atom is 0.412 e. The average Bonchev–Trinajstić information content (AvgIpc) is 2.69. The highest BCUT2D eigenvalue weighted by atomic mass is 127. The van der Waals surface area contributed by atoms with Gasteiger partial charge in [-0.05, 0) is 65.8 Å². The second-order valence-corrected chi connectivity index (χ2v) is 7.36. The van der Waals surface area contributed by atoms with Crippen LogP contribution < -0.4 is 5.32 Å². The van der Waals surface area contributed by atoms with Crippen LogP contribution in [-0.4, -0.2) is 35.5 Å². The number of benzene rings is 2. The summed E-state index contributed by atoms with van der Waals surface area (Å²) < 4.78 is 12.0. The van der Waals surface area contributed by atoms with Gasteiger partial charge in [0.05, 0.1) is 6.10 Å². The second kappa shape index (κ2) is 11.4. The van der Waals surface area contributed by atoms with Crippen molar-refractivity contribution < 1.29 is 29.3 Å². The molecule has 0 radical (unpaired) electrons. The fourth-order valence-corrected chi connectivity index (χ4v) is 3.23. The molecular weight excluding hydrogens is 489 g/mol. The van der Waals surface area contributed by atoms with Gasteiger partial charge in [0.2, 0.25) is 0 Å². The number of ether oxygens (including phenoxy) is 2. The Balaban J connectivity index is 2.23. The van der Waals surface area contributed by atoms with E-state index in [9.17, 15) is 14.7 Å². The molecule has 3 N–H and O–H groups in total. The number of carbonyl (C=O) groups excluding carboxylic acids is 1. The van der Waals surface area contributed by atoms with E-state index in [2.05, 4.69) is 27.9 Å². The highest BCUT2D eigenvalue weighted by molar-refractivity contribution is 14.1. The minimum absolute atomic E-state index is 0.0222. The molecule has 0 fully saturated rings. The lowest BCUT2D eigenvalue weighted by Crippen LogP contribution is -2.28. The van der Waals surface area contributed by atoms with Crippen molar-refractivity contribution in [1.82, 2.24) is 0 Å². The van der Waals surface area contributed by atoms with Crippen molar-refractivity contribution in [2.45, 2.75) is 25.0 Å². The minimum Gasteiger partial charge on any atom is -0.508 e. The van der Waals surface area contributed by atoms with Crippen molar-refractivity contribution in [2.75, 3.05) is 12.4 Å². The zero-order chi connectivity index (χ0) is 21.2. The van der Waals surface area contributed by atoms with Crippen LogP contribution in [0.5, 0.6) is 5.75 Å². The molecule has 29 heavy (non-hydrogen) atoms. The Kier molecular flexibility index (Phi) is 8.94. The zero-order valence-corrected chi connectivity index (χ0v) is 17.9. The Hall–Kier alpha value is -2.59. The average molecular weight is 511 g/mol. The number of methoxy groups -OCH3 is 1. The van der Waals surface area contributed by atoms with E-state index in [0.29, 0.717) is 24.1 Å². The van der Waals surface area contributed by atoms with E-state index in [4.69, 9.17) is 14.6 Å². The molecule has 0 unspecified atom stereocenters. The summed E-state index contributed by atoms with van der Waals surface area (Å²) in [7, 11) is 1.47. The van der Waals surface area contributed by atoms with Crippen LogP contribution in [-0.2, 0) is 14.3 Å². The summed E-state index contributed by atoms with van der Waals surface area (Å²) >= 11 is 2.10. The maximum atomic E-state index is 12.5. The molecule has 0 aromatic heterocycles. The fourth-order valence-electron chi connectivity index (χ4n) is 2.71. The van der Waals surface area contributed by atoms with Gasteiger partial charge in [-0.25, -0.2) is 9.59 Å². The molecule has 7 nitrogen and oxygen atoms in total. The van der Waals surface area contributed by atoms with Gasteiger partial charge in [-0.2, -0.15) is 0 Å². The van der Waals surface area contributed by atoms with E-state index < -0.39 is 24.3 Å². The summed E-state index contributed by atoms with van der Waals surface area (Å²) in [4.78, 5) is 23.1. The first-order valence-electron chi connectivity index (χ1n) is 8.84. The number of anilines is 1. The lowest BCUT2D eigenvalue weighted by atomic mass is 9.99. The van der Waals surface area contributed by atoms with E-state index in [1.54, 1.807) is 36.4 Å². The summed E-state index contributed by atoms with van der Waals surface area (Å²) in [5.41, 5.74) is 0.982. The predicted molar refractivity (Wildman–Crippen MR) is 117 cm³/mol. The number of phenols is 1. The van der Waals surface area contributed by atoms with Crippen molar-refractivity contribution in [1.29, 1.82) is 0 Å². The van der Waals surface area contributed by atoms with E-state index in [1.165, 1.54) is 19.3 Å². The molecule has 2 rings (SSSR count). The third kappa shape index (κ3) is 7.39. The van der Waals surface area contributed by atoms with Gasteiger partial charge in [-0.15, -0.1) is 0 Å². The molecule has 0 spiro atoms. The fraction of sp³-hybridized carbons (Fsp3) is 0.238. The summed E-state index contributed by atoms with van der Waals surface area (Å²) in [5.74, 6) is -1.06. The third-order valence-corrected chi connectivity index (χ3v) is 4.74. The molecule has 2 atom stereocenters. The molecule has 0 aliphatic carbocycles. The van der Waals surface area contributed by atoms with Gasteiger partial charge in [0.15, 0.2) is 6.10 Å². The smallest absolute Gasteiger partial charge is 0.412 e. The van der Waals surface area contributed by atoms with Gasteiger partial charge in [-0.1, -0.05) is 24.3 Å². The highest BCUT2D eigenvalue weighted by Gasteiger charge is 2.29. The third-order valence-electron chi connectivity index (χ3n) is 4.07. The SMILES string of the molecule is CO[C@@H](CC/C=C/C(=O)O)[C@@H](OC(=O)Nc1ccccc1)c1cc(I)ccc1O. The van der Waals surface area contributed by atoms with Gasteiger partial charge in [0.1, 0.15) is 5.75 Å². The van der Waals surface area contributed by atoms with Gasteiger partial charge in [0, 0.05) is 28.0 Å². The number of carboxylic acid groups (broad SMARTS) is 1. The molecule has 2 aromatic carbocycles. The number of amides is 1. The number of hydrogen-bond donors (Lipinski definition) is 3. The molecule has 0 bridgehead atoms. The Morgan fingerprint density at radius 1 is 1.21 bits per heavy atom. The molecule has 2 aromatic rings. The van der Waals surface area contributed by atoms with Gasteiger partial charge in [-0.3, -0.25) is 5.32 Å². The summed E-state index contributed by atoms with van der Waals surface area (Å²) in [6.45, 7) is 0. The summed E-state index contributed by atoms with van der Waals surface area (Å²) in [6.07, 6.45) is 1.15. The van der Waals surface area contributed by atoms with Crippen LogP contribution in [0.25, 0.3) is 0 Å². The number of halogens is 1. The Morgan fingerprint density at radius 3 is 2.59 bits per heavy atom. The van der Waals surface area contributed by atoms with Crippen LogP contribution >= 0.6 is 22.6 Å². The van der Waals surface area contributed by atoms with E-state index in [0.717, 1.165) is 9.65 Å². The largest absolute Gasteiger partial charge is 0.508 e. The quantitative estimate of drug-likeness (QED) is 0.333. The molecule has 0 heterocycles. The van der Waals surface area contributed by atoms with Crippen LogP contribution in [0.2, 0.25) is 0 Å². The van der Waals surface area contributed by atoms with E-state index in [1.807, 2.05) is 6.07 Å². The van der Waals surface area contributed by atoms with E-state index >= 15 is 0 Å². The Labute approximate surface area is 182 Å². The maximum absolute atomic E-state index is 12.5. The van der Waals surface area contributed by atoms with Crippen molar-refractivity contribution in [3.63, 3.8) is 0 Å². The number of nitrogens with one attached hydrogen (secondary N) is 1. The van der Waals surface area contributed by atoms with Crippen LogP contribution in [0.3, 0.4) is 0 Å². The first-order valence-corrected chi connectivity index (χ1v) is 9.92. The molecule has 8 heteroatoms. The molecule has 0 aliphatic heterocycles. The number of aromatic hydroxyl groups is 1. The topological polar surface area (TPSA) is 105 Å². The first-order chi connectivity index (χ1) is 13.9. The Morgan fingerprint density at radius 2 is 1.93 bits per heavy atom. The number of aliphatic carboxylic acids is 1. The number of para-hydroxylation sites is 1. The molecule has 0 aliphatic rings. The molecule has 154 valence electrons. The number of carbonyl (C=O) groups is 2. The molecular formula is C21H22INO6. The number of phenolic OH excluding ortho intramolecular Hbond substituents is 1. The van der Waals surface area contributed by atoms with Crippen molar-refractivity contribution >= 4 is 40.3 Å². The van der Waals surface area contributed by atoms with Crippen LogP contribution in [0.15, 0.2) is 60.7 Å². The number of hydrogen-bond acceptors (Lipinski definition) is 5. The van der Waals surface area contributed by atoms with Crippen molar-refractivity contribution in [3.8, 4) is 5.75 Å². The van der Waals surface area contributed by atoms with Crippen LogP contribution in [0.1, 0.15) is 24.5 Å². The second-order valence-electron chi connectivity index (χ2n) is 6.11. The van der Waals surface area contributed by atoms with Gasteiger partial charge < -0.3 is 19.7 Å². The number of carboxylic acids is 1. The molecule has 1 amide bonds. The molecule has 0 saturated carbocycles. The number of rotatable bonds is 9. The van der Waals surface area contributed by atoms with Gasteiger partial charge in [0.25, 0.3) is 0 Å². The van der Waals surface area contributed by atoms with Gasteiger partial charge >= 0.3 is 12.1 Å². The standard InChI is InChI=1S/C21H22INO6/c1-28-18(9-5-6-10-19(25)26)20(16-13-14(22)11-12-17(16)24)29-21(27)23-15-7-3-2-4-8-15/h2-4,6-8,10-13,18,20,24H,5,9H2,1H3,(H,23,27)(H,25,26)/b10-6+/t18-,20-/m0/s1. The van der Waals surface area contributed by atoms with Crippen molar-refractivity contribution in [2.24, 2.45) is 0 Å².